The predicted octanol–water partition coefficient (Wildman–Crippen LogP) is 4.20. The summed E-state index contributed by atoms with van der Waals surface area (Å²) in [6.45, 7) is 18.2. The summed E-state index contributed by atoms with van der Waals surface area (Å²) in [4.78, 5) is 101. The predicted molar refractivity (Wildman–Crippen MR) is 239 cm³/mol. The topological polar surface area (TPSA) is 195 Å². The molecule has 16 heteroatoms. The minimum atomic E-state index is -1.59. The molecule has 2 rings (SSSR count). The SMILES string of the molecule is C/C=C(\C)[C@H]1OC(=O)C(C)(C)NC(=O)[C@H]([C@H](C)CC)NC(=O)CN(C)C(=O)[C@@H](Cc2ccc(Cl)cc2)N(C)C(=O)[C@H](C)NC(=O)[C@@H](CC(C)C)N(C)C(=O)/C(C)=C/C[C@H](O)[C@@H]1C. The third kappa shape index (κ3) is 14.7. The lowest BCUT2D eigenvalue weighted by Crippen LogP contribution is -2.60. The standard InChI is InChI=1S/C46H71ClN6O9/c1-15-27(5)38-41(57)50-46(10,11)45(61)62-39(28(6)16-2)30(8)36(54)22-17-29(7)42(58)52(13)34(23-26(3)4)40(56)48-31(9)43(59)53(14)35(24-32-18-20-33(47)21-19-32)44(60)51(12)25-37(55)49-38/h16-21,26-27,30-31,34-36,38-39,54H,15,22-25H2,1-14H3,(H,48,56)(H,49,55)(H,50,57)/b28-16+,29-17+/t27-,30+,31+,34-,35-,36+,38+,39-/m1/s1. The Hall–Kier alpha value is -4.76. The van der Waals surface area contributed by atoms with Crippen molar-refractivity contribution in [2.45, 2.75) is 144 Å². The van der Waals surface area contributed by atoms with E-state index in [4.69, 9.17) is 16.3 Å². The summed E-state index contributed by atoms with van der Waals surface area (Å²) in [6, 6.07) is 2.39. The summed E-state index contributed by atoms with van der Waals surface area (Å²) in [7, 11) is 4.35. The van der Waals surface area contributed by atoms with Crippen LogP contribution in [0.15, 0.2) is 47.6 Å². The second-order valence-corrected chi connectivity index (χ2v) is 18.2. The van der Waals surface area contributed by atoms with Crippen molar-refractivity contribution in [3.8, 4) is 0 Å². The molecule has 1 aliphatic rings. The monoisotopic (exact) mass is 886 g/mol. The number of hydrogen-bond donors (Lipinski definition) is 4. The maximum absolute atomic E-state index is 14.3. The molecule has 0 bridgehead atoms. The fraction of sp³-hybridized carbons (Fsp3) is 0.630. The molecule has 0 fully saturated rings. The number of nitrogens with one attached hydrogen (secondary N) is 3. The Morgan fingerprint density at radius 1 is 0.935 bits per heavy atom. The highest BCUT2D eigenvalue weighted by atomic mass is 35.5. The van der Waals surface area contributed by atoms with Gasteiger partial charge in [-0.25, -0.2) is 4.79 Å². The molecule has 0 radical (unpaired) electrons. The number of halogens is 1. The molecule has 0 aliphatic carbocycles. The Bertz CT molecular complexity index is 1830. The first kappa shape index (κ1) is 53.4. The van der Waals surface area contributed by atoms with Crippen LogP contribution < -0.4 is 16.0 Å². The van der Waals surface area contributed by atoms with Gasteiger partial charge in [-0.1, -0.05) is 76.9 Å². The maximum Gasteiger partial charge on any atom is 0.331 e. The Labute approximate surface area is 373 Å². The van der Waals surface area contributed by atoms with Gasteiger partial charge in [-0.05, 0) is 89.5 Å². The normalized spacial score (nSPS) is 27.9. The van der Waals surface area contributed by atoms with Crippen LogP contribution in [0.4, 0.5) is 0 Å². The highest BCUT2D eigenvalue weighted by Crippen LogP contribution is 2.25. The molecule has 62 heavy (non-hydrogen) atoms. The maximum atomic E-state index is 14.3. The molecule has 0 aromatic heterocycles. The summed E-state index contributed by atoms with van der Waals surface area (Å²) in [5.74, 6) is -5.39. The highest BCUT2D eigenvalue weighted by molar-refractivity contribution is 6.30. The average molecular weight is 888 g/mol. The van der Waals surface area contributed by atoms with Gasteiger partial charge in [-0.15, -0.1) is 0 Å². The fourth-order valence-corrected chi connectivity index (χ4v) is 7.25. The number of likely N-dealkylation sites (N-methyl/N-ethyl adjacent to an activating group) is 3. The number of esters is 1. The van der Waals surface area contributed by atoms with Crippen LogP contribution in [0.2, 0.25) is 5.02 Å². The molecule has 346 valence electrons. The van der Waals surface area contributed by atoms with Crippen LogP contribution in [-0.2, 0) is 44.7 Å². The number of aliphatic hydroxyl groups is 1. The molecule has 15 nitrogen and oxygen atoms in total. The lowest BCUT2D eigenvalue weighted by molar-refractivity contribution is -0.159. The molecule has 6 amide bonds. The Balaban J connectivity index is 2.71. The Morgan fingerprint density at radius 2 is 1.53 bits per heavy atom. The lowest BCUT2D eigenvalue weighted by Gasteiger charge is -2.35. The number of hydrogen-bond acceptors (Lipinski definition) is 9. The quantitative estimate of drug-likeness (QED) is 0.230. The zero-order chi connectivity index (χ0) is 47.4. The fourth-order valence-electron chi connectivity index (χ4n) is 7.12. The third-order valence-electron chi connectivity index (χ3n) is 11.7. The van der Waals surface area contributed by atoms with Crippen molar-refractivity contribution in [2.75, 3.05) is 27.7 Å². The number of allylic oxidation sites excluding steroid dienone is 1. The second-order valence-electron chi connectivity index (χ2n) is 17.7. The van der Waals surface area contributed by atoms with Crippen LogP contribution in [0.3, 0.4) is 0 Å². The summed E-state index contributed by atoms with van der Waals surface area (Å²) in [6.07, 6.45) is 2.14. The number of cyclic esters (lactones) is 1. The number of ether oxygens (including phenoxy) is 1. The van der Waals surface area contributed by atoms with E-state index in [1.165, 1.54) is 51.7 Å². The van der Waals surface area contributed by atoms with Crippen molar-refractivity contribution >= 4 is 53.0 Å². The molecule has 1 aromatic rings. The second kappa shape index (κ2) is 23.6. The van der Waals surface area contributed by atoms with E-state index in [0.717, 1.165) is 4.90 Å². The molecule has 1 aliphatic heterocycles. The van der Waals surface area contributed by atoms with Gasteiger partial charge in [0.05, 0.1) is 12.6 Å². The Kier molecular flexibility index (Phi) is 20.3. The molecular weight excluding hydrogens is 816 g/mol. The molecule has 0 spiro atoms. The smallest absolute Gasteiger partial charge is 0.331 e. The summed E-state index contributed by atoms with van der Waals surface area (Å²) < 4.78 is 6.00. The van der Waals surface area contributed by atoms with Crippen LogP contribution in [-0.4, -0.2) is 131 Å². The summed E-state index contributed by atoms with van der Waals surface area (Å²) >= 11 is 6.13. The van der Waals surface area contributed by atoms with E-state index in [1.54, 1.807) is 71.0 Å². The number of carbonyl (C=O) groups is 7. The van der Waals surface area contributed by atoms with E-state index in [-0.39, 0.29) is 30.8 Å². The molecular formula is C46H71ClN6O9. The lowest BCUT2D eigenvalue weighted by atomic mass is 9.90. The Morgan fingerprint density at radius 3 is 2.08 bits per heavy atom. The number of carbonyl (C=O) groups excluding carboxylic acids is 7. The van der Waals surface area contributed by atoms with Gasteiger partial charge in [0.25, 0.3) is 0 Å². The van der Waals surface area contributed by atoms with E-state index in [0.29, 0.717) is 22.6 Å². The number of nitrogens with zero attached hydrogens (tertiary/aromatic N) is 3. The summed E-state index contributed by atoms with van der Waals surface area (Å²) in [5.41, 5.74) is 0.00168. The van der Waals surface area contributed by atoms with Crippen LogP contribution in [0.1, 0.15) is 101 Å². The van der Waals surface area contributed by atoms with Crippen molar-refractivity contribution in [3.63, 3.8) is 0 Å². The van der Waals surface area contributed by atoms with E-state index in [9.17, 15) is 38.7 Å². The van der Waals surface area contributed by atoms with Crippen LogP contribution in [0.5, 0.6) is 0 Å². The number of aliphatic hydroxyl groups excluding tert-OH is 1. The van der Waals surface area contributed by atoms with E-state index in [1.807, 2.05) is 20.8 Å². The van der Waals surface area contributed by atoms with Gasteiger partial charge in [-0.2, -0.15) is 0 Å². The minimum Gasteiger partial charge on any atom is -0.456 e. The highest BCUT2D eigenvalue weighted by Gasteiger charge is 2.40. The van der Waals surface area contributed by atoms with E-state index < -0.39 is 102 Å². The first-order valence-electron chi connectivity index (χ1n) is 21.4. The van der Waals surface area contributed by atoms with Gasteiger partial charge in [0, 0.05) is 44.1 Å². The van der Waals surface area contributed by atoms with Crippen molar-refractivity contribution in [3.05, 3.63) is 58.1 Å². The van der Waals surface area contributed by atoms with Crippen LogP contribution in [0.25, 0.3) is 0 Å². The van der Waals surface area contributed by atoms with Crippen LogP contribution in [0, 0.1) is 17.8 Å². The largest absolute Gasteiger partial charge is 0.456 e. The van der Waals surface area contributed by atoms with E-state index >= 15 is 0 Å². The van der Waals surface area contributed by atoms with Gasteiger partial charge >= 0.3 is 5.97 Å². The third-order valence-corrected chi connectivity index (χ3v) is 11.9. The van der Waals surface area contributed by atoms with Gasteiger partial charge in [0.15, 0.2) is 0 Å². The first-order valence-corrected chi connectivity index (χ1v) is 21.8. The number of benzene rings is 1. The van der Waals surface area contributed by atoms with E-state index in [2.05, 4.69) is 16.0 Å². The molecule has 0 unspecified atom stereocenters. The zero-order valence-electron chi connectivity index (χ0n) is 39.1. The van der Waals surface area contributed by atoms with Crippen molar-refractivity contribution in [2.24, 2.45) is 17.8 Å². The molecule has 8 atom stereocenters. The van der Waals surface area contributed by atoms with Gasteiger partial charge in [0.1, 0.15) is 35.8 Å². The van der Waals surface area contributed by atoms with Crippen molar-refractivity contribution in [1.29, 1.82) is 0 Å². The summed E-state index contributed by atoms with van der Waals surface area (Å²) in [5, 5.41) is 20.1. The van der Waals surface area contributed by atoms with Crippen molar-refractivity contribution < 1.29 is 43.4 Å². The number of amides is 6. The minimum absolute atomic E-state index is 0.0120. The molecule has 0 saturated heterocycles. The molecule has 1 heterocycles. The number of rotatable bonds is 7. The van der Waals surface area contributed by atoms with Crippen molar-refractivity contribution in [1.82, 2.24) is 30.7 Å². The van der Waals surface area contributed by atoms with Gasteiger partial charge in [-0.3, -0.25) is 28.8 Å². The molecule has 4 N–H and O–H groups in total. The average Bonchev–Trinajstić information content (AvgIpc) is 3.22. The first-order chi connectivity index (χ1) is 28.8. The van der Waals surface area contributed by atoms with Gasteiger partial charge in [0.2, 0.25) is 35.4 Å². The van der Waals surface area contributed by atoms with Gasteiger partial charge < -0.3 is 40.5 Å². The molecule has 1 aromatic carbocycles. The molecule has 0 saturated carbocycles. The van der Waals surface area contributed by atoms with Crippen LogP contribution >= 0.6 is 11.6 Å². The zero-order valence-corrected chi connectivity index (χ0v) is 39.9.